The third kappa shape index (κ3) is 2.60. The predicted octanol–water partition coefficient (Wildman–Crippen LogP) is 1.19. The second-order valence-electron chi connectivity index (χ2n) is 3.64. The zero-order valence-electron chi connectivity index (χ0n) is 9.18. The molecule has 2 rings (SSSR count). The molecule has 0 saturated carbocycles. The Hall–Kier alpha value is -2.50. The van der Waals surface area contributed by atoms with Gasteiger partial charge in [-0.05, 0) is 24.3 Å². The molecule has 0 aliphatic carbocycles. The Balaban J connectivity index is 2.28. The van der Waals surface area contributed by atoms with Crippen molar-refractivity contribution in [1.29, 1.82) is 0 Å². The van der Waals surface area contributed by atoms with E-state index in [9.17, 15) is 14.0 Å². The van der Waals surface area contributed by atoms with E-state index >= 15 is 0 Å². The van der Waals surface area contributed by atoms with Gasteiger partial charge in [-0.1, -0.05) is 0 Å². The van der Waals surface area contributed by atoms with Crippen LogP contribution in [-0.4, -0.2) is 28.5 Å². The molecule has 0 unspecified atom stereocenters. The van der Waals surface area contributed by atoms with Gasteiger partial charge in [0.2, 0.25) is 0 Å². The number of hydrogen-bond donors (Lipinski definition) is 2. The molecule has 0 atom stereocenters. The number of aromatic nitrogens is 1. The lowest BCUT2D eigenvalue weighted by molar-refractivity contribution is -0.135. The minimum absolute atomic E-state index is 0.189. The highest BCUT2D eigenvalue weighted by Gasteiger charge is 2.08. The van der Waals surface area contributed by atoms with E-state index in [-0.39, 0.29) is 5.56 Å². The van der Waals surface area contributed by atoms with Gasteiger partial charge in [0.05, 0.1) is 11.1 Å². The van der Waals surface area contributed by atoms with Crippen molar-refractivity contribution in [2.45, 2.75) is 0 Å². The fourth-order valence-electron chi connectivity index (χ4n) is 1.48. The van der Waals surface area contributed by atoms with Crippen LogP contribution in [0.3, 0.4) is 0 Å². The number of carbonyl (C=O) groups excluding carboxylic acids is 1. The number of benzene rings is 1. The molecule has 5 nitrogen and oxygen atoms in total. The van der Waals surface area contributed by atoms with Gasteiger partial charge in [-0.2, -0.15) is 0 Å². The maximum atomic E-state index is 13.0. The third-order valence-electron chi connectivity index (χ3n) is 2.31. The first-order valence-electron chi connectivity index (χ1n) is 5.11. The molecule has 2 aromatic rings. The van der Waals surface area contributed by atoms with E-state index in [2.05, 4.69) is 10.3 Å². The molecule has 2 N–H and O–H groups in total. The average Bonchev–Trinajstić information content (AvgIpc) is 2.34. The number of amides is 1. The van der Waals surface area contributed by atoms with Crippen molar-refractivity contribution in [3.63, 3.8) is 0 Å². The Bertz CT molecular complexity index is 628. The lowest BCUT2D eigenvalue weighted by Crippen LogP contribution is -2.29. The van der Waals surface area contributed by atoms with Crippen molar-refractivity contribution in [3.05, 3.63) is 41.8 Å². The molecule has 0 saturated heterocycles. The summed E-state index contributed by atoms with van der Waals surface area (Å²) in [4.78, 5) is 25.9. The first-order valence-corrected chi connectivity index (χ1v) is 5.11. The number of aliphatic carboxylic acids is 1. The van der Waals surface area contributed by atoms with Crippen LogP contribution in [0.4, 0.5) is 4.39 Å². The normalized spacial score (nSPS) is 10.3. The monoisotopic (exact) mass is 248 g/mol. The van der Waals surface area contributed by atoms with Gasteiger partial charge < -0.3 is 10.4 Å². The number of fused-ring (bicyclic) bond motifs is 1. The van der Waals surface area contributed by atoms with E-state index in [1.807, 2.05) is 0 Å². The fourth-order valence-corrected chi connectivity index (χ4v) is 1.48. The minimum atomic E-state index is -1.14. The summed E-state index contributed by atoms with van der Waals surface area (Å²) in [5.74, 6) is -2.12. The van der Waals surface area contributed by atoms with Crippen molar-refractivity contribution in [3.8, 4) is 0 Å². The second-order valence-corrected chi connectivity index (χ2v) is 3.64. The zero-order chi connectivity index (χ0) is 13.1. The summed E-state index contributed by atoms with van der Waals surface area (Å²) in [6.07, 6.45) is 1.32. The quantitative estimate of drug-likeness (QED) is 0.855. The van der Waals surface area contributed by atoms with Crippen LogP contribution in [0.15, 0.2) is 30.5 Å². The second kappa shape index (κ2) is 4.79. The lowest BCUT2D eigenvalue weighted by Gasteiger charge is -2.03. The molecule has 0 fully saturated rings. The number of nitrogens with zero attached hydrogens (tertiary/aromatic N) is 1. The van der Waals surface area contributed by atoms with Crippen LogP contribution in [0.1, 0.15) is 10.4 Å². The molecule has 6 heteroatoms. The first kappa shape index (κ1) is 12.0. The lowest BCUT2D eigenvalue weighted by atomic mass is 10.1. The Morgan fingerprint density at radius 1 is 1.33 bits per heavy atom. The number of carboxylic acid groups (broad SMARTS) is 1. The molecule has 0 spiro atoms. The van der Waals surface area contributed by atoms with E-state index in [4.69, 9.17) is 5.11 Å². The number of hydrogen-bond acceptors (Lipinski definition) is 3. The predicted molar refractivity (Wildman–Crippen MR) is 61.7 cm³/mol. The molecular formula is C12H9FN2O3. The standard InChI is InChI=1S/C12H9FN2O3/c13-9-1-2-10-7(4-9)3-8(5-14-10)12(18)15-6-11(16)17/h1-5H,6H2,(H,15,18)(H,16,17). The van der Waals surface area contributed by atoms with Crippen LogP contribution in [0.5, 0.6) is 0 Å². The summed E-state index contributed by atoms with van der Waals surface area (Å²) < 4.78 is 13.0. The summed E-state index contributed by atoms with van der Waals surface area (Å²) in [6, 6.07) is 5.50. The number of halogens is 1. The highest BCUT2D eigenvalue weighted by atomic mass is 19.1. The Labute approximate surface area is 101 Å². The SMILES string of the molecule is O=C(O)CNC(=O)c1cnc2ccc(F)cc2c1. The molecule has 0 aliphatic rings. The maximum Gasteiger partial charge on any atom is 0.322 e. The first-order chi connectivity index (χ1) is 8.56. The van der Waals surface area contributed by atoms with Gasteiger partial charge in [0.15, 0.2) is 0 Å². The topological polar surface area (TPSA) is 79.3 Å². The summed E-state index contributed by atoms with van der Waals surface area (Å²) >= 11 is 0. The van der Waals surface area contributed by atoms with Crippen LogP contribution >= 0.6 is 0 Å². The molecule has 0 aliphatic heterocycles. The largest absolute Gasteiger partial charge is 0.480 e. The maximum absolute atomic E-state index is 13.0. The van der Waals surface area contributed by atoms with Gasteiger partial charge in [0.1, 0.15) is 12.4 Å². The van der Waals surface area contributed by atoms with Crippen molar-refractivity contribution in [2.24, 2.45) is 0 Å². The van der Waals surface area contributed by atoms with Gasteiger partial charge >= 0.3 is 5.97 Å². The number of rotatable bonds is 3. The van der Waals surface area contributed by atoms with Crippen LogP contribution < -0.4 is 5.32 Å². The fraction of sp³-hybridized carbons (Fsp3) is 0.0833. The smallest absolute Gasteiger partial charge is 0.322 e. The molecule has 18 heavy (non-hydrogen) atoms. The van der Waals surface area contributed by atoms with Crippen molar-refractivity contribution >= 4 is 22.8 Å². The van der Waals surface area contributed by atoms with E-state index in [0.717, 1.165) is 0 Å². The van der Waals surface area contributed by atoms with Crippen LogP contribution in [-0.2, 0) is 4.79 Å². The average molecular weight is 248 g/mol. The molecule has 0 bridgehead atoms. The Morgan fingerprint density at radius 2 is 2.11 bits per heavy atom. The van der Waals surface area contributed by atoms with Crippen LogP contribution in [0, 0.1) is 5.82 Å². The Morgan fingerprint density at radius 3 is 2.83 bits per heavy atom. The van der Waals surface area contributed by atoms with Gasteiger partial charge in [0.25, 0.3) is 5.91 Å². The molecule has 0 radical (unpaired) electrons. The van der Waals surface area contributed by atoms with E-state index in [1.165, 1.54) is 30.5 Å². The zero-order valence-corrected chi connectivity index (χ0v) is 9.18. The molecule has 1 aromatic carbocycles. The van der Waals surface area contributed by atoms with E-state index in [0.29, 0.717) is 10.9 Å². The number of nitrogens with one attached hydrogen (secondary N) is 1. The van der Waals surface area contributed by atoms with Crippen molar-refractivity contribution < 1.29 is 19.1 Å². The summed E-state index contributed by atoms with van der Waals surface area (Å²) in [5, 5.41) is 11.1. The van der Waals surface area contributed by atoms with Gasteiger partial charge in [-0.25, -0.2) is 4.39 Å². The van der Waals surface area contributed by atoms with E-state index < -0.39 is 24.2 Å². The molecule has 1 heterocycles. The van der Waals surface area contributed by atoms with Crippen LogP contribution in [0.2, 0.25) is 0 Å². The van der Waals surface area contributed by atoms with Gasteiger partial charge in [-0.3, -0.25) is 14.6 Å². The number of pyridine rings is 1. The summed E-state index contributed by atoms with van der Waals surface area (Å²) in [7, 11) is 0. The van der Waals surface area contributed by atoms with Crippen molar-refractivity contribution in [2.75, 3.05) is 6.54 Å². The minimum Gasteiger partial charge on any atom is -0.480 e. The number of carbonyl (C=O) groups is 2. The summed E-state index contributed by atoms with van der Waals surface area (Å²) in [5.41, 5.74) is 0.750. The molecule has 92 valence electrons. The van der Waals surface area contributed by atoms with Gasteiger partial charge in [-0.15, -0.1) is 0 Å². The highest BCUT2D eigenvalue weighted by molar-refractivity contribution is 5.98. The highest BCUT2D eigenvalue weighted by Crippen LogP contribution is 2.14. The molecular weight excluding hydrogens is 239 g/mol. The molecule has 1 aromatic heterocycles. The molecule has 1 amide bonds. The Kier molecular flexibility index (Phi) is 3.18. The van der Waals surface area contributed by atoms with E-state index in [1.54, 1.807) is 0 Å². The number of carboxylic acids is 1. The summed E-state index contributed by atoms with van der Waals surface area (Å²) in [6.45, 7) is -0.472. The van der Waals surface area contributed by atoms with Crippen LogP contribution in [0.25, 0.3) is 10.9 Å². The van der Waals surface area contributed by atoms with Crippen molar-refractivity contribution in [1.82, 2.24) is 10.3 Å². The third-order valence-corrected chi connectivity index (χ3v) is 2.31. The van der Waals surface area contributed by atoms with Gasteiger partial charge in [0, 0.05) is 11.6 Å².